The van der Waals surface area contributed by atoms with Crippen LogP contribution in [0.5, 0.6) is 0 Å². The van der Waals surface area contributed by atoms with Gasteiger partial charge in [-0.3, -0.25) is 14.1 Å². The summed E-state index contributed by atoms with van der Waals surface area (Å²) < 4.78 is 2.06. The zero-order valence-corrected chi connectivity index (χ0v) is 18.5. The summed E-state index contributed by atoms with van der Waals surface area (Å²) in [4.78, 5) is 24.1. The van der Waals surface area contributed by atoms with Gasteiger partial charge in [0.15, 0.2) is 0 Å². The number of fused-ring (bicyclic) bond motifs is 1. The summed E-state index contributed by atoms with van der Waals surface area (Å²) in [5, 5.41) is 0. The van der Waals surface area contributed by atoms with Crippen LogP contribution in [0.3, 0.4) is 0 Å². The number of benzene rings is 1. The summed E-state index contributed by atoms with van der Waals surface area (Å²) in [7, 11) is 0. The average Bonchev–Trinajstić information content (AvgIpc) is 3.31. The van der Waals surface area contributed by atoms with Gasteiger partial charge in [0.1, 0.15) is 5.65 Å². The zero-order valence-electron chi connectivity index (χ0n) is 18.5. The van der Waals surface area contributed by atoms with E-state index in [9.17, 15) is 4.79 Å². The molecule has 0 aliphatic carbocycles. The van der Waals surface area contributed by atoms with Crippen molar-refractivity contribution < 1.29 is 0 Å². The Labute approximate surface area is 188 Å². The van der Waals surface area contributed by atoms with Crippen molar-refractivity contribution in [3.05, 3.63) is 88.6 Å². The van der Waals surface area contributed by atoms with E-state index in [-0.39, 0.29) is 5.56 Å². The Morgan fingerprint density at radius 3 is 2.56 bits per heavy atom. The number of imidazole rings is 1. The molecule has 0 saturated carbocycles. The smallest absolute Gasteiger partial charge is 0.248 e. The van der Waals surface area contributed by atoms with Gasteiger partial charge in [0.05, 0.1) is 5.69 Å². The number of anilines is 1. The zero-order chi connectivity index (χ0) is 21.9. The monoisotopic (exact) mass is 427 g/mol. The first-order valence-corrected chi connectivity index (χ1v) is 11.4. The van der Waals surface area contributed by atoms with E-state index in [0.717, 1.165) is 49.5 Å². The SMILES string of the molecule is CCCN1CCN(c2ccc(Cc3ccc(-c4cc[nH]c(=O)c4)n4ccnc34)cc2)CC1. The van der Waals surface area contributed by atoms with Crippen LogP contribution in [0.2, 0.25) is 0 Å². The predicted octanol–water partition coefficient (Wildman–Crippen LogP) is 3.81. The second kappa shape index (κ2) is 9.01. The van der Waals surface area contributed by atoms with Crippen molar-refractivity contribution in [2.45, 2.75) is 19.8 Å². The molecule has 4 heterocycles. The summed E-state index contributed by atoms with van der Waals surface area (Å²) >= 11 is 0. The van der Waals surface area contributed by atoms with Crippen molar-refractivity contribution in [3.63, 3.8) is 0 Å². The van der Waals surface area contributed by atoms with E-state index < -0.39 is 0 Å². The van der Waals surface area contributed by atoms with Gasteiger partial charge in [0, 0.05) is 68.5 Å². The molecule has 3 aromatic heterocycles. The summed E-state index contributed by atoms with van der Waals surface area (Å²) in [6.07, 6.45) is 7.50. The first-order valence-electron chi connectivity index (χ1n) is 11.4. The second-order valence-electron chi connectivity index (χ2n) is 8.48. The van der Waals surface area contributed by atoms with Gasteiger partial charge in [-0.05, 0) is 48.4 Å². The van der Waals surface area contributed by atoms with Gasteiger partial charge < -0.3 is 9.88 Å². The Hall–Kier alpha value is -3.38. The van der Waals surface area contributed by atoms with E-state index in [0.29, 0.717) is 0 Å². The number of aromatic amines is 1. The van der Waals surface area contributed by atoms with Gasteiger partial charge in [-0.15, -0.1) is 0 Å². The molecule has 164 valence electrons. The number of rotatable bonds is 6. The number of hydrogen-bond donors (Lipinski definition) is 1. The van der Waals surface area contributed by atoms with Gasteiger partial charge in [-0.25, -0.2) is 4.98 Å². The highest BCUT2D eigenvalue weighted by Gasteiger charge is 2.16. The van der Waals surface area contributed by atoms with E-state index in [1.165, 1.54) is 29.8 Å². The topological polar surface area (TPSA) is 56.6 Å². The second-order valence-corrected chi connectivity index (χ2v) is 8.48. The molecule has 0 bridgehead atoms. The highest BCUT2D eigenvalue weighted by Crippen LogP contribution is 2.24. The molecule has 0 radical (unpaired) electrons. The van der Waals surface area contributed by atoms with E-state index >= 15 is 0 Å². The molecule has 6 nitrogen and oxygen atoms in total. The normalized spacial score (nSPS) is 14.8. The van der Waals surface area contributed by atoms with Crippen LogP contribution in [0, 0.1) is 0 Å². The van der Waals surface area contributed by atoms with Gasteiger partial charge in [0.25, 0.3) is 0 Å². The Morgan fingerprint density at radius 2 is 1.81 bits per heavy atom. The molecule has 0 unspecified atom stereocenters. The molecule has 0 spiro atoms. The lowest BCUT2D eigenvalue weighted by Crippen LogP contribution is -2.46. The fourth-order valence-corrected chi connectivity index (χ4v) is 4.64. The quantitative estimate of drug-likeness (QED) is 0.508. The first kappa shape index (κ1) is 20.5. The van der Waals surface area contributed by atoms with E-state index in [1.54, 1.807) is 12.3 Å². The highest BCUT2D eigenvalue weighted by molar-refractivity contribution is 5.65. The number of aromatic nitrogens is 3. The van der Waals surface area contributed by atoms with Crippen molar-refractivity contribution >= 4 is 11.3 Å². The van der Waals surface area contributed by atoms with E-state index in [4.69, 9.17) is 0 Å². The van der Waals surface area contributed by atoms with Crippen LogP contribution >= 0.6 is 0 Å². The maximum atomic E-state index is 11.7. The molecule has 0 atom stereocenters. The molecule has 4 aromatic rings. The molecule has 1 N–H and O–H groups in total. The van der Waals surface area contributed by atoms with Crippen molar-refractivity contribution in [3.8, 4) is 11.3 Å². The molecular formula is C26H29N5O. The van der Waals surface area contributed by atoms with Gasteiger partial charge in [-0.2, -0.15) is 0 Å². The molecule has 1 aromatic carbocycles. The van der Waals surface area contributed by atoms with Crippen LogP contribution < -0.4 is 10.5 Å². The standard InChI is InChI=1S/C26H29N5O/c1-2-12-29-14-16-30(17-15-29)23-6-3-20(4-7-23)18-22-5-8-24(31-13-11-28-26(22)31)21-9-10-27-25(32)19-21/h3-11,13,19H,2,12,14-18H2,1H3,(H,27,32). The number of nitrogens with one attached hydrogen (secondary N) is 1. The third-order valence-electron chi connectivity index (χ3n) is 6.31. The Balaban J connectivity index is 1.34. The largest absolute Gasteiger partial charge is 0.369 e. The van der Waals surface area contributed by atoms with Crippen molar-refractivity contribution in [2.75, 3.05) is 37.6 Å². The van der Waals surface area contributed by atoms with Gasteiger partial charge in [0.2, 0.25) is 5.56 Å². The lowest BCUT2D eigenvalue weighted by molar-refractivity contribution is 0.258. The van der Waals surface area contributed by atoms with E-state index in [1.807, 2.05) is 18.5 Å². The van der Waals surface area contributed by atoms with E-state index in [2.05, 4.69) is 67.5 Å². The maximum Gasteiger partial charge on any atom is 0.248 e. The Morgan fingerprint density at radius 1 is 1.00 bits per heavy atom. The van der Waals surface area contributed by atoms with Crippen LogP contribution in [-0.2, 0) is 6.42 Å². The molecule has 0 amide bonds. The number of H-pyrrole nitrogens is 1. The number of nitrogens with zero attached hydrogens (tertiary/aromatic N) is 4. The molecule has 1 aliphatic rings. The van der Waals surface area contributed by atoms with Crippen molar-refractivity contribution in [1.29, 1.82) is 0 Å². The fourth-order valence-electron chi connectivity index (χ4n) is 4.64. The number of pyridine rings is 2. The summed E-state index contributed by atoms with van der Waals surface area (Å²) in [6.45, 7) is 7.93. The van der Waals surface area contributed by atoms with Crippen molar-refractivity contribution in [2.24, 2.45) is 0 Å². The van der Waals surface area contributed by atoms with Gasteiger partial charge >= 0.3 is 0 Å². The minimum atomic E-state index is -0.105. The summed E-state index contributed by atoms with van der Waals surface area (Å²) in [5.41, 5.74) is 6.42. The lowest BCUT2D eigenvalue weighted by Gasteiger charge is -2.36. The Kier molecular flexibility index (Phi) is 5.77. The van der Waals surface area contributed by atoms with Crippen molar-refractivity contribution in [1.82, 2.24) is 19.3 Å². The highest BCUT2D eigenvalue weighted by atomic mass is 16.1. The van der Waals surface area contributed by atoms with Crippen LogP contribution in [-0.4, -0.2) is 52.0 Å². The van der Waals surface area contributed by atoms with Crippen LogP contribution in [0.1, 0.15) is 24.5 Å². The molecule has 1 fully saturated rings. The average molecular weight is 428 g/mol. The molecule has 6 heteroatoms. The third kappa shape index (κ3) is 4.18. The summed E-state index contributed by atoms with van der Waals surface area (Å²) in [5.74, 6) is 0. The maximum absolute atomic E-state index is 11.7. The minimum absolute atomic E-state index is 0.105. The lowest BCUT2D eigenvalue weighted by atomic mass is 10.0. The number of piperazine rings is 1. The first-order chi connectivity index (χ1) is 15.7. The summed E-state index contributed by atoms with van der Waals surface area (Å²) in [6, 6.07) is 16.7. The van der Waals surface area contributed by atoms with Gasteiger partial charge in [-0.1, -0.05) is 25.1 Å². The minimum Gasteiger partial charge on any atom is -0.369 e. The molecule has 32 heavy (non-hydrogen) atoms. The molecule has 5 rings (SSSR count). The molecule has 1 aliphatic heterocycles. The molecule has 1 saturated heterocycles. The van der Waals surface area contributed by atoms with Crippen LogP contribution in [0.4, 0.5) is 5.69 Å². The third-order valence-corrected chi connectivity index (χ3v) is 6.31. The predicted molar refractivity (Wildman–Crippen MR) is 129 cm³/mol. The Bertz CT molecular complexity index is 1250. The fraction of sp³-hybridized carbons (Fsp3) is 0.308. The van der Waals surface area contributed by atoms with Crippen LogP contribution in [0.25, 0.3) is 16.9 Å². The van der Waals surface area contributed by atoms with Crippen LogP contribution in [0.15, 0.2) is 71.9 Å². The molecular weight excluding hydrogens is 398 g/mol. The number of hydrogen-bond acceptors (Lipinski definition) is 4.